The zero-order valence-electron chi connectivity index (χ0n) is 9.26. The van der Waals surface area contributed by atoms with Crippen molar-refractivity contribution in [3.63, 3.8) is 0 Å². The summed E-state index contributed by atoms with van der Waals surface area (Å²) in [5, 5.41) is 11.4. The number of rotatable bonds is 0. The normalized spacial score (nSPS) is 11.4. The molecule has 7 nitrogen and oxygen atoms in total. The maximum absolute atomic E-state index is 12.2. The molecule has 0 atom stereocenters. The fourth-order valence-electron chi connectivity index (χ4n) is 1.97. The van der Waals surface area contributed by atoms with E-state index in [1.54, 1.807) is 23.6 Å². The maximum Gasteiger partial charge on any atom is 0.215 e. The summed E-state index contributed by atoms with van der Waals surface area (Å²) in [6.07, 6.45) is 2.64. The van der Waals surface area contributed by atoms with Crippen LogP contribution in [0.25, 0.3) is 10.8 Å². The molecule has 2 aliphatic rings. The third-order valence-electron chi connectivity index (χ3n) is 2.95. The summed E-state index contributed by atoms with van der Waals surface area (Å²) in [4.78, 5) is 25.9. The zero-order chi connectivity index (χ0) is 12.2. The summed E-state index contributed by atoms with van der Waals surface area (Å²) in [5.41, 5.74) is -0.454. The minimum absolute atomic E-state index is 0.219. The van der Waals surface area contributed by atoms with Gasteiger partial charge < -0.3 is 0 Å². The predicted molar refractivity (Wildman–Crippen MR) is 59.7 cm³/mol. The van der Waals surface area contributed by atoms with E-state index >= 15 is 0 Å². The Balaban J connectivity index is 2.86. The molecule has 0 aromatic carbocycles. The van der Waals surface area contributed by atoms with Crippen LogP contribution in [-0.4, -0.2) is 24.8 Å². The van der Waals surface area contributed by atoms with E-state index in [2.05, 4.69) is 15.3 Å². The number of aryl methyl sites for hydroxylation is 1. The van der Waals surface area contributed by atoms with Crippen LogP contribution in [0.5, 0.6) is 0 Å². The molecule has 0 saturated heterocycles. The highest BCUT2D eigenvalue weighted by atomic mass is 16.1. The van der Waals surface area contributed by atoms with Crippen LogP contribution >= 0.6 is 0 Å². The Morgan fingerprint density at radius 1 is 1.06 bits per heavy atom. The molecule has 0 fully saturated rings. The smallest absolute Gasteiger partial charge is 0.215 e. The van der Waals surface area contributed by atoms with E-state index in [1.807, 2.05) is 0 Å². The summed E-state index contributed by atoms with van der Waals surface area (Å²) in [6, 6.07) is 0. The van der Waals surface area contributed by atoms with Crippen molar-refractivity contribution in [2.45, 2.75) is 0 Å². The highest BCUT2D eigenvalue weighted by molar-refractivity contribution is 5.79. The number of nitrogens with one attached hydrogen (secondary N) is 1. The molecule has 0 spiro atoms. The zero-order valence-corrected chi connectivity index (χ0v) is 9.26. The van der Waals surface area contributed by atoms with E-state index in [-0.39, 0.29) is 10.9 Å². The van der Waals surface area contributed by atoms with E-state index < -0.39 is 0 Å². The van der Waals surface area contributed by atoms with Crippen LogP contribution in [0.4, 0.5) is 0 Å². The lowest BCUT2D eigenvalue weighted by molar-refractivity contribution is 0.514. The van der Waals surface area contributed by atoms with Crippen molar-refractivity contribution in [3.05, 3.63) is 43.5 Å². The average Bonchev–Trinajstić information content (AvgIpc) is 2.64. The first-order chi connectivity index (χ1) is 8.11. The highest BCUT2D eigenvalue weighted by Gasteiger charge is 2.11. The first kappa shape index (κ1) is 9.76. The number of aromatic amines is 1. The van der Waals surface area contributed by atoms with E-state index in [9.17, 15) is 9.59 Å². The van der Waals surface area contributed by atoms with Crippen molar-refractivity contribution in [1.29, 1.82) is 0 Å². The van der Waals surface area contributed by atoms with Crippen molar-refractivity contribution < 1.29 is 0 Å². The lowest BCUT2D eigenvalue weighted by atomic mass is 10.2. The Labute approximate surface area is 93.9 Å². The van der Waals surface area contributed by atoms with Crippen LogP contribution in [0.2, 0.25) is 0 Å². The van der Waals surface area contributed by atoms with Gasteiger partial charge in [0.1, 0.15) is 10.7 Å². The number of fused-ring (bicyclic) bond motifs is 1. The third kappa shape index (κ3) is 1.10. The summed E-state index contributed by atoms with van der Waals surface area (Å²) < 4.78 is 1.60. The second kappa shape index (κ2) is 3.03. The monoisotopic (exact) mass is 231 g/mol. The topological polar surface area (TPSA) is 85.6 Å². The Bertz CT molecular complexity index is 901. The van der Waals surface area contributed by atoms with Gasteiger partial charge in [-0.25, -0.2) is 4.80 Å². The Morgan fingerprint density at radius 3 is 2.29 bits per heavy atom. The Morgan fingerprint density at radius 2 is 1.65 bits per heavy atom. The van der Waals surface area contributed by atoms with Gasteiger partial charge in [-0.05, 0) is 0 Å². The van der Waals surface area contributed by atoms with Crippen LogP contribution in [0.3, 0.4) is 0 Å². The van der Waals surface area contributed by atoms with Crippen molar-refractivity contribution >= 4 is 10.8 Å². The third-order valence-corrected chi connectivity index (χ3v) is 2.95. The van der Waals surface area contributed by atoms with Gasteiger partial charge in [0.15, 0.2) is 0 Å². The molecule has 0 unspecified atom stereocenters. The van der Waals surface area contributed by atoms with Gasteiger partial charge in [-0.15, -0.1) is 0 Å². The fourth-order valence-corrected chi connectivity index (χ4v) is 1.97. The van der Waals surface area contributed by atoms with Gasteiger partial charge in [0.25, 0.3) is 0 Å². The lowest BCUT2D eigenvalue weighted by Gasteiger charge is -1.98. The summed E-state index contributed by atoms with van der Waals surface area (Å²) in [5.74, 6) is 0. The van der Waals surface area contributed by atoms with E-state index in [0.717, 1.165) is 0 Å². The van der Waals surface area contributed by atoms with Gasteiger partial charge in [-0.2, -0.15) is 10.2 Å². The minimum atomic E-state index is -0.235. The molecule has 1 aliphatic carbocycles. The van der Waals surface area contributed by atoms with Gasteiger partial charge in [-0.1, -0.05) is 0 Å². The van der Waals surface area contributed by atoms with Crippen LogP contribution in [0.1, 0.15) is 0 Å². The second-order valence-electron chi connectivity index (χ2n) is 3.86. The van der Waals surface area contributed by atoms with E-state index in [1.165, 1.54) is 12.4 Å². The van der Waals surface area contributed by atoms with Gasteiger partial charge in [-0.3, -0.25) is 19.4 Å². The van der Waals surface area contributed by atoms with Crippen molar-refractivity contribution in [2.24, 2.45) is 14.1 Å². The molecule has 3 rings (SSSR count). The van der Waals surface area contributed by atoms with Crippen molar-refractivity contribution in [3.8, 4) is 0 Å². The quantitative estimate of drug-likeness (QED) is 0.542. The Hall–Kier alpha value is -2.44. The van der Waals surface area contributed by atoms with Gasteiger partial charge in [0.2, 0.25) is 10.9 Å². The second-order valence-corrected chi connectivity index (χ2v) is 3.86. The molecule has 0 bridgehead atoms. The van der Waals surface area contributed by atoms with Crippen LogP contribution in [0, 0.1) is 10.7 Å². The molecule has 0 saturated carbocycles. The average molecular weight is 231 g/mol. The fraction of sp³-hybridized carbons (Fsp3) is 0.200. The number of aromatic nitrogens is 5. The molecule has 7 heteroatoms. The minimum Gasteiger partial charge on any atom is -0.287 e. The number of nitrogens with zero attached hydrogens (tertiary/aromatic N) is 4. The van der Waals surface area contributed by atoms with Crippen LogP contribution in [0.15, 0.2) is 22.0 Å². The van der Waals surface area contributed by atoms with E-state index in [0.29, 0.717) is 21.5 Å². The molecule has 0 radical (unpaired) electrons. The van der Waals surface area contributed by atoms with Crippen LogP contribution in [-0.2, 0) is 14.1 Å². The standard InChI is InChI=1S/C10H9N5O2/c1-14-8-7(13-15(14)2)9(16)5-3-11-12-4-6(5)10(8)17/h3-4,13H,1-2H3. The first-order valence-corrected chi connectivity index (χ1v) is 4.99. The molecular formula is C10H9N5O2. The molecular weight excluding hydrogens is 222 g/mol. The number of H-pyrrole nitrogens is 1. The Kier molecular flexibility index (Phi) is 1.74. The molecule has 0 amide bonds. The van der Waals surface area contributed by atoms with E-state index in [4.69, 9.17) is 0 Å². The van der Waals surface area contributed by atoms with Crippen LogP contribution < -0.4 is 10.9 Å². The van der Waals surface area contributed by atoms with Gasteiger partial charge in [0, 0.05) is 14.1 Å². The summed E-state index contributed by atoms with van der Waals surface area (Å²) >= 11 is 0. The summed E-state index contributed by atoms with van der Waals surface area (Å²) in [6.45, 7) is 0. The summed E-state index contributed by atoms with van der Waals surface area (Å²) in [7, 11) is 3.43. The molecule has 1 aromatic rings. The molecule has 17 heavy (non-hydrogen) atoms. The van der Waals surface area contributed by atoms with Gasteiger partial charge in [0.05, 0.1) is 23.2 Å². The number of hydrogen-bond acceptors (Lipinski definition) is 4. The molecule has 2 heterocycles. The SMILES string of the molecule is Cn1[nH]c2c(=O)c3cnncc3c(=O)c=2n1C. The molecule has 1 aromatic heterocycles. The van der Waals surface area contributed by atoms with Gasteiger partial charge >= 0.3 is 0 Å². The largest absolute Gasteiger partial charge is 0.287 e. The predicted octanol–water partition coefficient (Wildman–Crippen LogP) is -0.920. The maximum atomic E-state index is 12.2. The highest BCUT2D eigenvalue weighted by Crippen LogP contribution is 2.01. The molecule has 1 aliphatic heterocycles. The van der Waals surface area contributed by atoms with Crippen molar-refractivity contribution in [1.82, 2.24) is 24.8 Å². The lowest BCUT2D eigenvalue weighted by Crippen LogP contribution is -2.17. The molecule has 86 valence electrons. The number of hydrogen-bond donors (Lipinski definition) is 1. The van der Waals surface area contributed by atoms with Crippen molar-refractivity contribution in [2.75, 3.05) is 0 Å². The first-order valence-electron chi connectivity index (χ1n) is 4.99. The molecule has 1 N–H and O–H groups in total.